The molecule has 2 aliphatic rings. The highest BCUT2D eigenvalue weighted by molar-refractivity contribution is 5.85. The quantitative estimate of drug-likeness (QED) is 0.607. The van der Waals surface area contributed by atoms with E-state index >= 15 is 0 Å². The lowest BCUT2D eigenvalue weighted by Gasteiger charge is -2.29. The minimum absolute atomic E-state index is 0.129. The summed E-state index contributed by atoms with van der Waals surface area (Å²) in [6, 6.07) is 7.87. The third-order valence-electron chi connectivity index (χ3n) is 6.99. The fourth-order valence-electron chi connectivity index (χ4n) is 5.25. The Morgan fingerprint density at radius 1 is 1.03 bits per heavy atom. The first kappa shape index (κ1) is 25.2. The Morgan fingerprint density at radius 3 is 2.14 bits per heavy atom. The van der Waals surface area contributed by atoms with Crippen LogP contribution in [0, 0.1) is 20.8 Å². The van der Waals surface area contributed by atoms with Gasteiger partial charge in [0, 0.05) is 25.2 Å². The molecule has 35 heavy (non-hydrogen) atoms. The summed E-state index contributed by atoms with van der Waals surface area (Å²) in [4.78, 5) is 29.0. The SMILES string of the molecule is Cc1ccc(-c2c(C)c3c(c(C)c2[C@H](OC(C)(C)C)C(=O)O)CN(C(=O)N2CCC(F)C2)C3)cc1. The van der Waals surface area contributed by atoms with Crippen molar-refractivity contribution in [3.8, 4) is 11.1 Å². The fraction of sp³-hybridized carbons (Fsp3) is 0.500. The molecule has 2 aromatic rings. The topological polar surface area (TPSA) is 70.1 Å². The summed E-state index contributed by atoms with van der Waals surface area (Å²) >= 11 is 0. The van der Waals surface area contributed by atoms with Crippen LogP contribution in [-0.4, -0.2) is 51.8 Å². The standard InChI is InChI=1S/C28H35FN2O4/c1-16-7-9-19(10-8-16)23-17(2)21-14-31(27(34)30-12-11-20(29)13-30)15-22(21)18(3)24(23)25(26(32)33)35-28(4,5)6/h7-10,20,25H,11-15H2,1-6H3,(H,32,33)/t20?,25-/m0/s1. The zero-order chi connectivity index (χ0) is 25.7. The number of hydrogen-bond donors (Lipinski definition) is 1. The molecule has 2 atom stereocenters. The number of benzene rings is 2. The van der Waals surface area contributed by atoms with E-state index in [2.05, 4.69) is 0 Å². The van der Waals surface area contributed by atoms with Gasteiger partial charge < -0.3 is 19.6 Å². The van der Waals surface area contributed by atoms with Crippen molar-refractivity contribution in [1.82, 2.24) is 9.80 Å². The molecule has 0 aromatic heterocycles. The highest BCUT2D eigenvalue weighted by atomic mass is 19.1. The van der Waals surface area contributed by atoms with Crippen LogP contribution in [0.2, 0.25) is 0 Å². The highest BCUT2D eigenvalue weighted by Crippen LogP contribution is 2.44. The van der Waals surface area contributed by atoms with E-state index < -0.39 is 23.8 Å². The summed E-state index contributed by atoms with van der Waals surface area (Å²) in [7, 11) is 0. The number of halogens is 1. The van der Waals surface area contributed by atoms with Gasteiger partial charge in [0.05, 0.1) is 12.1 Å². The molecule has 4 rings (SSSR count). The third kappa shape index (κ3) is 4.92. The fourth-order valence-corrected chi connectivity index (χ4v) is 5.25. The van der Waals surface area contributed by atoms with Crippen LogP contribution in [0.4, 0.5) is 9.18 Å². The molecular formula is C28H35FN2O4. The number of hydrogen-bond acceptors (Lipinski definition) is 3. The van der Waals surface area contributed by atoms with Gasteiger partial charge >= 0.3 is 12.0 Å². The van der Waals surface area contributed by atoms with Crippen molar-refractivity contribution in [2.75, 3.05) is 13.1 Å². The van der Waals surface area contributed by atoms with Crippen LogP contribution in [0.1, 0.15) is 66.7 Å². The molecule has 2 aromatic carbocycles. The molecule has 2 heterocycles. The molecule has 7 heteroatoms. The number of fused-ring (bicyclic) bond motifs is 1. The van der Waals surface area contributed by atoms with Crippen molar-refractivity contribution in [3.05, 3.63) is 57.6 Å². The predicted octanol–water partition coefficient (Wildman–Crippen LogP) is 5.70. The number of carbonyl (C=O) groups excluding carboxylic acids is 1. The van der Waals surface area contributed by atoms with Crippen LogP contribution in [0.25, 0.3) is 11.1 Å². The van der Waals surface area contributed by atoms with Crippen molar-refractivity contribution in [2.45, 2.75) is 78.9 Å². The first-order chi connectivity index (χ1) is 16.4. The molecule has 0 spiro atoms. The Hall–Kier alpha value is -2.93. The van der Waals surface area contributed by atoms with Gasteiger partial charge in [-0.2, -0.15) is 0 Å². The lowest BCUT2D eigenvalue weighted by atomic mass is 9.83. The lowest BCUT2D eigenvalue weighted by Crippen LogP contribution is -2.39. The Bertz CT molecular complexity index is 1150. The smallest absolute Gasteiger partial charge is 0.337 e. The summed E-state index contributed by atoms with van der Waals surface area (Å²) < 4.78 is 19.9. The third-order valence-corrected chi connectivity index (χ3v) is 6.99. The highest BCUT2D eigenvalue weighted by Gasteiger charge is 2.38. The molecule has 0 radical (unpaired) electrons. The van der Waals surface area contributed by atoms with Gasteiger partial charge in [-0.25, -0.2) is 14.0 Å². The van der Waals surface area contributed by atoms with Crippen molar-refractivity contribution < 1.29 is 23.8 Å². The van der Waals surface area contributed by atoms with E-state index in [0.717, 1.165) is 38.9 Å². The van der Waals surface area contributed by atoms with Gasteiger partial charge in [0.25, 0.3) is 0 Å². The van der Waals surface area contributed by atoms with Gasteiger partial charge in [0.2, 0.25) is 0 Å². The van der Waals surface area contributed by atoms with Crippen molar-refractivity contribution in [3.63, 3.8) is 0 Å². The maximum absolute atomic E-state index is 13.8. The molecule has 1 unspecified atom stereocenters. The van der Waals surface area contributed by atoms with E-state index in [9.17, 15) is 19.1 Å². The summed E-state index contributed by atoms with van der Waals surface area (Å²) in [6.07, 6.45) is -1.76. The number of likely N-dealkylation sites (tertiary alicyclic amines) is 1. The zero-order valence-electron chi connectivity index (χ0n) is 21.4. The number of ether oxygens (including phenoxy) is 1. The molecule has 188 valence electrons. The maximum atomic E-state index is 13.8. The van der Waals surface area contributed by atoms with E-state index in [4.69, 9.17) is 4.74 Å². The number of alkyl halides is 1. The predicted molar refractivity (Wildman–Crippen MR) is 133 cm³/mol. The minimum Gasteiger partial charge on any atom is -0.479 e. The van der Waals surface area contributed by atoms with Crippen molar-refractivity contribution in [2.24, 2.45) is 0 Å². The van der Waals surface area contributed by atoms with Crippen LogP contribution in [0.5, 0.6) is 0 Å². The molecule has 0 bridgehead atoms. The molecular weight excluding hydrogens is 447 g/mol. The van der Waals surface area contributed by atoms with Gasteiger partial charge in [-0.05, 0) is 81.3 Å². The molecule has 1 fully saturated rings. The van der Waals surface area contributed by atoms with Gasteiger partial charge in [-0.3, -0.25) is 0 Å². The van der Waals surface area contributed by atoms with E-state index in [-0.39, 0.29) is 12.6 Å². The monoisotopic (exact) mass is 482 g/mol. The Morgan fingerprint density at radius 2 is 1.63 bits per heavy atom. The molecule has 2 aliphatic heterocycles. The zero-order valence-corrected chi connectivity index (χ0v) is 21.4. The second kappa shape index (κ2) is 9.26. The van der Waals surface area contributed by atoms with Crippen LogP contribution in [0.3, 0.4) is 0 Å². The minimum atomic E-state index is -1.16. The van der Waals surface area contributed by atoms with E-state index in [1.807, 2.05) is 65.8 Å². The van der Waals surface area contributed by atoms with Gasteiger partial charge in [0.15, 0.2) is 6.10 Å². The van der Waals surface area contributed by atoms with Gasteiger partial charge in [-0.15, -0.1) is 0 Å². The number of amides is 2. The molecule has 1 saturated heterocycles. The molecule has 2 amide bonds. The van der Waals surface area contributed by atoms with E-state index in [0.29, 0.717) is 31.6 Å². The number of aliphatic carboxylic acids is 1. The first-order valence-electron chi connectivity index (χ1n) is 12.2. The number of carboxylic acid groups (broad SMARTS) is 1. The van der Waals surface area contributed by atoms with Gasteiger partial charge in [0.1, 0.15) is 6.17 Å². The Kier molecular flexibility index (Phi) is 6.66. The number of carbonyl (C=O) groups is 2. The molecule has 0 saturated carbocycles. The summed E-state index contributed by atoms with van der Waals surface area (Å²) in [5.74, 6) is -1.05. The number of aryl methyl sites for hydroxylation is 1. The molecule has 1 N–H and O–H groups in total. The average molecular weight is 483 g/mol. The Balaban J connectivity index is 1.85. The second-order valence-electron chi connectivity index (χ2n) is 10.8. The van der Waals surface area contributed by atoms with E-state index in [1.54, 1.807) is 9.80 Å². The summed E-state index contributed by atoms with van der Waals surface area (Å²) in [6.45, 7) is 12.8. The van der Waals surface area contributed by atoms with E-state index in [1.165, 1.54) is 0 Å². The second-order valence-corrected chi connectivity index (χ2v) is 10.8. The van der Waals surface area contributed by atoms with Crippen LogP contribution >= 0.6 is 0 Å². The first-order valence-corrected chi connectivity index (χ1v) is 12.2. The average Bonchev–Trinajstić information content (AvgIpc) is 3.41. The van der Waals surface area contributed by atoms with Crippen molar-refractivity contribution >= 4 is 12.0 Å². The molecule has 6 nitrogen and oxygen atoms in total. The van der Waals surface area contributed by atoms with Crippen LogP contribution in [-0.2, 0) is 22.6 Å². The Labute approximate surface area is 206 Å². The van der Waals surface area contributed by atoms with Crippen molar-refractivity contribution in [1.29, 1.82) is 0 Å². The van der Waals surface area contributed by atoms with Gasteiger partial charge in [-0.1, -0.05) is 29.8 Å². The summed E-state index contributed by atoms with van der Waals surface area (Å²) in [5, 5.41) is 10.2. The number of urea groups is 1. The van der Waals surface area contributed by atoms with Crippen LogP contribution < -0.4 is 0 Å². The number of carboxylic acids is 1. The largest absolute Gasteiger partial charge is 0.479 e. The number of nitrogens with zero attached hydrogens (tertiary/aromatic N) is 2. The maximum Gasteiger partial charge on any atom is 0.337 e. The lowest BCUT2D eigenvalue weighted by molar-refractivity contribution is -0.160. The summed E-state index contributed by atoms with van der Waals surface area (Å²) in [5.41, 5.74) is 6.61. The molecule has 0 aliphatic carbocycles. The number of rotatable bonds is 4. The van der Waals surface area contributed by atoms with Crippen LogP contribution in [0.15, 0.2) is 24.3 Å². The normalized spacial score (nSPS) is 18.7.